The van der Waals surface area contributed by atoms with E-state index in [9.17, 15) is 9.59 Å². The molecule has 0 bridgehead atoms. The van der Waals surface area contributed by atoms with E-state index in [4.69, 9.17) is 0 Å². The standard InChI is InChI=1S/C22H19NO2/c1-22(18-12-5-6-13-19(18)23(2)21(22)25)14-20(24)17-11-7-9-15-8-3-4-10-16(15)17/h3-13H,14H2,1-2H3. The van der Waals surface area contributed by atoms with Crippen molar-refractivity contribution in [1.29, 1.82) is 0 Å². The molecular weight excluding hydrogens is 310 g/mol. The number of Topliss-reactive ketones (excluding diaryl/α,β-unsaturated/α-hetero) is 1. The number of carbonyl (C=O) groups excluding carboxylic acids is 2. The van der Waals surface area contributed by atoms with Gasteiger partial charge in [-0.05, 0) is 29.3 Å². The van der Waals surface area contributed by atoms with E-state index in [-0.39, 0.29) is 18.1 Å². The number of ketones is 1. The van der Waals surface area contributed by atoms with Crippen molar-refractivity contribution in [2.45, 2.75) is 18.8 Å². The van der Waals surface area contributed by atoms with Crippen LogP contribution in [0.3, 0.4) is 0 Å². The van der Waals surface area contributed by atoms with Crippen molar-refractivity contribution in [1.82, 2.24) is 0 Å². The zero-order valence-corrected chi connectivity index (χ0v) is 14.3. The molecule has 0 fully saturated rings. The molecule has 124 valence electrons. The minimum atomic E-state index is -0.820. The van der Waals surface area contributed by atoms with Crippen molar-refractivity contribution in [3.05, 3.63) is 77.9 Å². The lowest BCUT2D eigenvalue weighted by molar-refractivity contribution is -0.122. The van der Waals surface area contributed by atoms with Crippen molar-refractivity contribution in [2.75, 3.05) is 11.9 Å². The van der Waals surface area contributed by atoms with Crippen molar-refractivity contribution < 1.29 is 9.59 Å². The summed E-state index contributed by atoms with van der Waals surface area (Å²) in [5.74, 6) is -0.0277. The molecule has 0 radical (unpaired) electrons. The molecule has 0 aliphatic carbocycles. The van der Waals surface area contributed by atoms with Gasteiger partial charge in [0.05, 0.1) is 5.41 Å². The molecule has 1 atom stereocenters. The Kier molecular flexibility index (Phi) is 3.46. The Bertz CT molecular complexity index is 1000. The number of anilines is 1. The van der Waals surface area contributed by atoms with Crippen molar-refractivity contribution in [2.24, 2.45) is 0 Å². The van der Waals surface area contributed by atoms with Gasteiger partial charge in [0, 0.05) is 24.7 Å². The lowest BCUT2D eigenvalue weighted by atomic mass is 9.78. The predicted molar refractivity (Wildman–Crippen MR) is 100 cm³/mol. The molecule has 0 saturated heterocycles. The maximum Gasteiger partial charge on any atom is 0.237 e. The number of para-hydroxylation sites is 1. The molecule has 0 N–H and O–H groups in total. The molecule has 3 heteroatoms. The first-order chi connectivity index (χ1) is 12.0. The zero-order chi connectivity index (χ0) is 17.6. The number of hydrogen-bond donors (Lipinski definition) is 0. The van der Waals surface area contributed by atoms with Crippen LogP contribution >= 0.6 is 0 Å². The van der Waals surface area contributed by atoms with Crippen LogP contribution in [0.4, 0.5) is 5.69 Å². The van der Waals surface area contributed by atoms with Crippen LogP contribution in [0, 0.1) is 0 Å². The minimum Gasteiger partial charge on any atom is -0.314 e. The number of rotatable bonds is 3. The predicted octanol–water partition coefficient (Wildman–Crippen LogP) is 4.35. The molecule has 3 aromatic rings. The van der Waals surface area contributed by atoms with Crippen LogP contribution in [0.5, 0.6) is 0 Å². The van der Waals surface area contributed by atoms with Gasteiger partial charge in [-0.1, -0.05) is 60.7 Å². The number of benzene rings is 3. The molecule has 4 rings (SSSR count). The normalized spacial score (nSPS) is 19.3. The van der Waals surface area contributed by atoms with Crippen LogP contribution in [0.2, 0.25) is 0 Å². The van der Waals surface area contributed by atoms with E-state index >= 15 is 0 Å². The maximum absolute atomic E-state index is 13.1. The minimum absolute atomic E-state index is 0.00208. The summed E-state index contributed by atoms with van der Waals surface area (Å²) in [6, 6.07) is 21.3. The molecule has 1 heterocycles. The molecule has 0 spiro atoms. The van der Waals surface area contributed by atoms with Crippen LogP contribution in [0.25, 0.3) is 10.8 Å². The molecular formula is C22H19NO2. The first-order valence-electron chi connectivity index (χ1n) is 8.41. The van der Waals surface area contributed by atoms with Crippen molar-refractivity contribution in [3.8, 4) is 0 Å². The second kappa shape index (κ2) is 5.55. The van der Waals surface area contributed by atoms with Gasteiger partial charge in [-0.3, -0.25) is 9.59 Å². The third-order valence-electron chi connectivity index (χ3n) is 5.24. The Morgan fingerprint density at radius 3 is 2.48 bits per heavy atom. The Hall–Kier alpha value is -2.94. The van der Waals surface area contributed by atoms with E-state index in [1.54, 1.807) is 11.9 Å². The van der Waals surface area contributed by atoms with E-state index in [0.29, 0.717) is 5.56 Å². The summed E-state index contributed by atoms with van der Waals surface area (Å²) >= 11 is 0. The fraction of sp³-hybridized carbons (Fsp3) is 0.182. The highest BCUT2D eigenvalue weighted by molar-refractivity contribution is 6.14. The molecule has 25 heavy (non-hydrogen) atoms. The van der Waals surface area contributed by atoms with Crippen LogP contribution in [0.1, 0.15) is 29.3 Å². The summed E-state index contributed by atoms with van der Waals surface area (Å²) < 4.78 is 0. The van der Waals surface area contributed by atoms with Gasteiger partial charge in [0.25, 0.3) is 0 Å². The Labute approximate surface area is 146 Å². The maximum atomic E-state index is 13.1. The smallest absolute Gasteiger partial charge is 0.237 e. The van der Waals surface area contributed by atoms with Gasteiger partial charge in [-0.25, -0.2) is 0 Å². The Morgan fingerprint density at radius 2 is 1.64 bits per heavy atom. The van der Waals surface area contributed by atoms with Crippen LogP contribution < -0.4 is 4.90 Å². The summed E-state index contributed by atoms with van der Waals surface area (Å²) in [5.41, 5.74) is 1.68. The summed E-state index contributed by atoms with van der Waals surface area (Å²) in [7, 11) is 1.77. The number of likely N-dealkylation sites (N-methyl/N-ethyl adjacent to an activating group) is 1. The molecule has 1 aliphatic rings. The highest BCUT2D eigenvalue weighted by atomic mass is 16.2. The molecule has 3 nitrogen and oxygen atoms in total. The average Bonchev–Trinajstić information content (AvgIpc) is 2.83. The summed E-state index contributed by atoms with van der Waals surface area (Å²) in [5, 5.41) is 1.97. The van der Waals surface area contributed by atoms with Crippen LogP contribution in [-0.2, 0) is 10.2 Å². The topological polar surface area (TPSA) is 37.4 Å². The number of hydrogen-bond acceptors (Lipinski definition) is 2. The SMILES string of the molecule is CN1C(=O)C(C)(CC(=O)c2cccc3ccccc23)c2ccccc21. The van der Waals surface area contributed by atoms with Gasteiger partial charge in [-0.15, -0.1) is 0 Å². The number of amides is 1. The second-order valence-corrected chi connectivity index (χ2v) is 6.84. The molecule has 1 amide bonds. The van der Waals surface area contributed by atoms with Crippen LogP contribution in [0.15, 0.2) is 66.7 Å². The average molecular weight is 329 g/mol. The van der Waals surface area contributed by atoms with Gasteiger partial charge >= 0.3 is 0 Å². The van der Waals surface area contributed by atoms with E-state index in [2.05, 4.69) is 0 Å². The Balaban J connectivity index is 1.77. The lowest BCUT2D eigenvalue weighted by Crippen LogP contribution is -2.37. The molecule has 1 unspecified atom stereocenters. The lowest BCUT2D eigenvalue weighted by Gasteiger charge is -2.22. The monoisotopic (exact) mass is 329 g/mol. The highest BCUT2D eigenvalue weighted by Crippen LogP contribution is 2.43. The number of fused-ring (bicyclic) bond motifs is 2. The summed E-state index contributed by atoms with van der Waals surface area (Å²) in [4.78, 5) is 27.7. The number of nitrogens with zero attached hydrogens (tertiary/aromatic N) is 1. The largest absolute Gasteiger partial charge is 0.314 e. The van der Waals surface area contributed by atoms with Crippen LogP contribution in [-0.4, -0.2) is 18.7 Å². The van der Waals surface area contributed by atoms with Gasteiger partial charge < -0.3 is 4.90 Å². The van der Waals surface area contributed by atoms with Crippen molar-refractivity contribution in [3.63, 3.8) is 0 Å². The van der Waals surface area contributed by atoms with Gasteiger partial charge in [0.2, 0.25) is 5.91 Å². The Morgan fingerprint density at radius 1 is 0.960 bits per heavy atom. The molecule has 1 aliphatic heterocycles. The van der Waals surface area contributed by atoms with Gasteiger partial charge in [0.15, 0.2) is 5.78 Å². The van der Waals surface area contributed by atoms with E-state index in [1.807, 2.05) is 73.7 Å². The molecule has 0 aromatic heterocycles. The third-order valence-corrected chi connectivity index (χ3v) is 5.24. The van der Waals surface area contributed by atoms with E-state index in [1.165, 1.54) is 0 Å². The van der Waals surface area contributed by atoms with Crippen molar-refractivity contribution >= 4 is 28.2 Å². The van der Waals surface area contributed by atoms with E-state index in [0.717, 1.165) is 22.0 Å². The fourth-order valence-electron chi connectivity index (χ4n) is 3.88. The zero-order valence-electron chi connectivity index (χ0n) is 14.3. The second-order valence-electron chi connectivity index (χ2n) is 6.84. The first kappa shape index (κ1) is 15.6. The van der Waals surface area contributed by atoms with Gasteiger partial charge in [-0.2, -0.15) is 0 Å². The fourth-order valence-corrected chi connectivity index (χ4v) is 3.88. The summed E-state index contributed by atoms with van der Waals surface area (Å²) in [6.07, 6.45) is 0.168. The molecule has 0 saturated carbocycles. The summed E-state index contributed by atoms with van der Waals surface area (Å²) in [6.45, 7) is 1.88. The third kappa shape index (κ3) is 2.27. The molecule has 3 aromatic carbocycles. The van der Waals surface area contributed by atoms with E-state index < -0.39 is 5.41 Å². The number of carbonyl (C=O) groups is 2. The van der Waals surface area contributed by atoms with Gasteiger partial charge in [0.1, 0.15) is 0 Å². The quantitative estimate of drug-likeness (QED) is 0.670. The highest BCUT2D eigenvalue weighted by Gasteiger charge is 2.47. The first-order valence-corrected chi connectivity index (χ1v) is 8.41.